The van der Waals surface area contributed by atoms with E-state index in [2.05, 4.69) is 24.4 Å². The topological polar surface area (TPSA) is 17.1 Å². The fraction of sp³-hybridized carbons (Fsp3) is 0.308. The largest absolute Gasteiger partial charge is 0.294 e. The molecule has 1 aliphatic carbocycles. The van der Waals surface area contributed by atoms with E-state index in [1.807, 2.05) is 12.1 Å². The van der Waals surface area contributed by atoms with Gasteiger partial charge in [0.25, 0.3) is 0 Å². The molecule has 1 aliphatic rings. The lowest BCUT2D eigenvalue weighted by molar-refractivity contribution is 0.0914. The van der Waals surface area contributed by atoms with Gasteiger partial charge in [-0.1, -0.05) is 19.1 Å². The van der Waals surface area contributed by atoms with Gasteiger partial charge in [0, 0.05) is 15.7 Å². The molecule has 0 bridgehead atoms. The van der Waals surface area contributed by atoms with Gasteiger partial charge in [-0.2, -0.15) is 0 Å². The number of thiophene rings is 1. The molecule has 15 heavy (non-hydrogen) atoms. The molecule has 0 radical (unpaired) electrons. The Labute approximate surface area is 92.7 Å². The average molecular weight is 216 g/mol. The van der Waals surface area contributed by atoms with E-state index in [1.165, 1.54) is 5.39 Å². The van der Waals surface area contributed by atoms with Gasteiger partial charge in [0.2, 0.25) is 0 Å². The molecule has 0 N–H and O–H groups in total. The minimum atomic E-state index is -0.0573. The summed E-state index contributed by atoms with van der Waals surface area (Å²) < 4.78 is 1.15. The minimum Gasteiger partial charge on any atom is -0.294 e. The van der Waals surface area contributed by atoms with Gasteiger partial charge >= 0.3 is 0 Å². The second-order valence-electron chi connectivity index (χ2n) is 4.53. The van der Waals surface area contributed by atoms with Crippen molar-refractivity contribution in [3.8, 4) is 0 Å². The molecule has 1 saturated carbocycles. The first-order chi connectivity index (χ1) is 7.21. The maximum atomic E-state index is 12.2. The van der Waals surface area contributed by atoms with Crippen LogP contribution in [0.3, 0.4) is 0 Å². The number of rotatable bonds is 2. The molecule has 3 rings (SSSR count). The van der Waals surface area contributed by atoms with Crippen molar-refractivity contribution in [2.45, 2.75) is 19.8 Å². The fourth-order valence-electron chi connectivity index (χ4n) is 1.91. The second kappa shape index (κ2) is 2.92. The lowest BCUT2D eigenvalue weighted by atomic mass is 9.96. The van der Waals surface area contributed by atoms with Gasteiger partial charge in [-0.3, -0.25) is 4.79 Å². The smallest absolute Gasteiger partial charge is 0.170 e. The van der Waals surface area contributed by atoms with Crippen LogP contribution >= 0.6 is 11.3 Å². The molecular weight excluding hydrogens is 204 g/mol. The van der Waals surface area contributed by atoms with Crippen molar-refractivity contribution in [2.24, 2.45) is 5.41 Å². The highest BCUT2D eigenvalue weighted by molar-refractivity contribution is 7.17. The normalized spacial score (nSPS) is 17.9. The van der Waals surface area contributed by atoms with Crippen LogP contribution in [0, 0.1) is 5.41 Å². The summed E-state index contributed by atoms with van der Waals surface area (Å²) in [5.74, 6) is 0.329. The van der Waals surface area contributed by atoms with E-state index >= 15 is 0 Å². The van der Waals surface area contributed by atoms with Gasteiger partial charge in [0.1, 0.15) is 0 Å². The van der Waals surface area contributed by atoms with E-state index in [0.29, 0.717) is 5.78 Å². The zero-order chi connectivity index (χ0) is 10.5. The van der Waals surface area contributed by atoms with E-state index < -0.39 is 0 Å². The number of hydrogen-bond donors (Lipinski definition) is 0. The quantitative estimate of drug-likeness (QED) is 0.696. The second-order valence-corrected chi connectivity index (χ2v) is 5.45. The van der Waals surface area contributed by atoms with Crippen LogP contribution in [0.4, 0.5) is 0 Å². The predicted molar refractivity (Wildman–Crippen MR) is 63.5 cm³/mol. The molecule has 0 saturated heterocycles. The Balaban J connectivity index is 2.18. The summed E-state index contributed by atoms with van der Waals surface area (Å²) in [6, 6.07) is 8.09. The maximum absolute atomic E-state index is 12.2. The minimum absolute atomic E-state index is 0.0573. The van der Waals surface area contributed by atoms with Crippen molar-refractivity contribution < 1.29 is 4.79 Å². The number of hydrogen-bond acceptors (Lipinski definition) is 2. The number of fused-ring (bicyclic) bond motifs is 1. The molecule has 1 fully saturated rings. The molecule has 2 aromatic rings. The highest BCUT2D eigenvalue weighted by Gasteiger charge is 2.45. The van der Waals surface area contributed by atoms with Crippen molar-refractivity contribution in [3.05, 3.63) is 35.2 Å². The van der Waals surface area contributed by atoms with Gasteiger partial charge in [-0.05, 0) is 35.7 Å². The molecule has 1 aromatic heterocycles. The van der Waals surface area contributed by atoms with Crippen molar-refractivity contribution >= 4 is 27.2 Å². The lowest BCUT2D eigenvalue weighted by Crippen LogP contribution is -2.11. The zero-order valence-electron chi connectivity index (χ0n) is 8.62. The van der Waals surface area contributed by atoms with Crippen LogP contribution in [0.2, 0.25) is 0 Å². The third kappa shape index (κ3) is 1.32. The number of benzene rings is 1. The molecule has 0 atom stereocenters. The van der Waals surface area contributed by atoms with Gasteiger partial charge in [-0.15, -0.1) is 11.3 Å². The highest BCUT2D eigenvalue weighted by atomic mass is 32.1. The Bertz CT molecular complexity index is 534. The third-order valence-electron chi connectivity index (χ3n) is 3.27. The lowest BCUT2D eigenvalue weighted by Gasteiger charge is -2.07. The summed E-state index contributed by atoms with van der Waals surface area (Å²) in [4.78, 5) is 12.2. The number of ketones is 1. The van der Waals surface area contributed by atoms with E-state index in [1.54, 1.807) is 11.3 Å². The summed E-state index contributed by atoms with van der Waals surface area (Å²) in [5.41, 5.74) is 0.862. The third-order valence-corrected chi connectivity index (χ3v) is 4.24. The number of Topliss-reactive ketones (excluding diaryl/α,β-unsaturated/α-hetero) is 1. The molecule has 1 nitrogen and oxygen atoms in total. The van der Waals surface area contributed by atoms with E-state index in [0.717, 1.165) is 23.1 Å². The van der Waals surface area contributed by atoms with Gasteiger partial charge in [0.05, 0.1) is 0 Å². The molecule has 2 heteroatoms. The van der Waals surface area contributed by atoms with Crippen LogP contribution in [-0.4, -0.2) is 5.78 Å². The van der Waals surface area contributed by atoms with E-state index in [-0.39, 0.29) is 5.41 Å². The fourth-order valence-corrected chi connectivity index (χ4v) is 2.82. The standard InChI is InChI=1S/C13H12OS/c1-13(6-7-13)12(14)10-4-2-3-9-5-8-15-11(9)10/h2-5,8H,6-7H2,1H3. The van der Waals surface area contributed by atoms with Crippen LogP contribution in [0.1, 0.15) is 30.1 Å². The number of carbonyl (C=O) groups excluding carboxylic acids is 1. The van der Waals surface area contributed by atoms with E-state index in [4.69, 9.17) is 0 Å². The Hall–Kier alpha value is -1.15. The summed E-state index contributed by atoms with van der Waals surface area (Å²) >= 11 is 1.67. The molecule has 0 amide bonds. The zero-order valence-corrected chi connectivity index (χ0v) is 9.43. The highest BCUT2D eigenvalue weighted by Crippen LogP contribution is 2.48. The first-order valence-corrected chi connectivity index (χ1v) is 6.10. The monoisotopic (exact) mass is 216 g/mol. The Morgan fingerprint density at radius 1 is 1.33 bits per heavy atom. The summed E-state index contributed by atoms with van der Waals surface area (Å²) in [5, 5.41) is 3.24. The van der Waals surface area contributed by atoms with Crippen molar-refractivity contribution in [3.63, 3.8) is 0 Å². The Morgan fingerprint density at radius 3 is 2.87 bits per heavy atom. The molecule has 76 valence electrons. The number of carbonyl (C=O) groups is 1. The first kappa shape index (κ1) is 9.10. The molecule has 0 aliphatic heterocycles. The van der Waals surface area contributed by atoms with Crippen molar-refractivity contribution in [1.29, 1.82) is 0 Å². The van der Waals surface area contributed by atoms with Crippen molar-refractivity contribution in [1.82, 2.24) is 0 Å². The molecule has 1 heterocycles. The van der Waals surface area contributed by atoms with Gasteiger partial charge in [0.15, 0.2) is 5.78 Å². The van der Waals surface area contributed by atoms with Crippen molar-refractivity contribution in [2.75, 3.05) is 0 Å². The summed E-state index contributed by atoms with van der Waals surface area (Å²) in [7, 11) is 0. The maximum Gasteiger partial charge on any atom is 0.170 e. The van der Waals surface area contributed by atoms with Crippen LogP contribution in [0.25, 0.3) is 10.1 Å². The predicted octanol–water partition coefficient (Wildman–Crippen LogP) is 3.88. The summed E-state index contributed by atoms with van der Waals surface area (Å²) in [6.07, 6.45) is 2.10. The Morgan fingerprint density at radius 2 is 2.13 bits per heavy atom. The molecule has 0 unspecified atom stereocenters. The SMILES string of the molecule is CC1(C(=O)c2cccc3ccsc23)CC1. The first-order valence-electron chi connectivity index (χ1n) is 5.22. The molecular formula is C13H12OS. The average Bonchev–Trinajstić information content (AvgIpc) is 2.82. The molecule has 1 aromatic carbocycles. The van der Waals surface area contributed by atoms with Crippen LogP contribution in [-0.2, 0) is 0 Å². The Kier molecular flexibility index (Phi) is 1.77. The van der Waals surface area contributed by atoms with Gasteiger partial charge < -0.3 is 0 Å². The van der Waals surface area contributed by atoms with Crippen LogP contribution in [0.15, 0.2) is 29.6 Å². The van der Waals surface area contributed by atoms with Crippen LogP contribution < -0.4 is 0 Å². The van der Waals surface area contributed by atoms with Gasteiger partial charge in [-0.25, -0.2) is 0 Å². The summed E-state index contributed by atoms with van der Waals surface area (Å²) in [6.45, 7) is 2.07. The van der Waals surface area contributed by atoms with Crippen LogP contribution in [0.5, 0.6) is 0 Å². The van der Waals surface area contributed by atoms with E-state index in [9.17, 15) is 4.79 Å². The molecule has 0 spiro atoms.